The van der Waals surface area contributed by atoms with Gasteiger partial charge in [-0.2, -0.15) is 5.10 Å². The summed E-state index contributed by atoms with van der Waals surface area (Å²) in [4.78, 5) is 4.11. The molecule has 2 N–H and O–H groups in total. The predicted octanol–water partition coefficient (Wildman–Crippen LogP) is 0.800. The first-order chi connectivity index (χ1) is 6.98. The van der Waals surface area contributed by atoms with Gasteiger partial charge in [0.2, 0.25) is 0 Å². The Morgan fingerprint density at radius 3 is 2.67 bits per heavy atom. The van der Waals surface area contributed by atoms with Crippen molar-refractivity contribution in [3.8, 4) is 5.82 Å². The number of imidazole rings is 1. The molecular weight excluding hydrogens is 190 g/mol. The Hall–Kier alpha value is -1.62. The Bertz CT molecular complexity index is 460. The molecular formula is C10H15N5. The number of hydrogen-bond acceptors (Lipinski definition) is 3. The fourth-order valence-corrected chi connectivity index (χ4v) is 1.49. The molecule has 15 heavy (non-hydrogen) atoms. The zero-order chi connectivity index (χ0) is 11.1. The van der Waals surface area contributed by atoms with E-state index in [9.17, 15) is 0 Å². The first-order valence-electron chi connectivity index (χ1n) is 4.80. The third-order valence-corrected chi connectivity index (χ3v) is 2.25. The Morgan fingerprint density at radius 1 is 1.40 bits per heavy atom. The van der Waals surface area contributed by atoms with Gasteiger partial charge < -0.3 is 5.73 Å². The van der Waals surface area contributed by atoms with Crippen LogP contribution in [0.1, 0.15) is 19.5 Å². The largest absolute Gasteiger partial charge is 0.321 e. The smallest absolute Gasteiger partial charge is 0.160 e. The Kier molecular flexibility index (Phi) is 2.12. The maximum absolute atomic E-state index is 6.05. The van der Waals surface area contributed by atoms with Crippen LogP contribution in [-0.4, -0.2) is 19.3 Å². The van der Waals surface area contributed by atoms with Gasteiger partial charge in [-0.15, -0.1) is 0 Å². The van der Waals surface area contributed by atoms with Crippen LogP contribution in [0.2, 0.25) is 0 Å². The lowest BCUT2D eigenvalue weighted by Gasteiger charge is -2.19. The summed E-state index contributed by atoms with van der Waals surface area (Å²) in [6.45, 7) is 3.90. The van der Waals surface area contributed by atoms with Gasteiger partial charge in [-0.25, -0.2) is 4.98 Å². The van der Waals surface area contributed by atoms with Crippen LogP contribution in [0.25, 0.3) is 5.82 Å². The molecule has 0 unspecified atom stereocenters. The standard InChI is InChI=1S/C10H15N5/c1-10(2,11)8-6-12-7-15(8)9-4-5-14(3)13-9/h4-7H,11H2,1-3H3. The number of nitrogens with two attached hydrogens (primary N) is 1. The van der Waals surface area contributed by atoms with Crippen LogP contribution in [0.15, 0.2) is 24.8 Å². The number of rotatable bonds is 2. The normalized spacial score (nSPS) is 12.0. The van der Waals surface area contributed by atoms with E-state index in [1.807, 2.05) is 37.7 Å². The first-order valence-corrected chi connectivity index (χ1v) is 4.80. The third kappa shape index (κ3) is 1.78. The molecule has 2 aromatic rings. The quantitative estimate of drug-likeness (QED) is 0.788. The number of aryl methyl sites for hydroxylation is 1. The van der Waals surface area contributed by atoms with Crippen LogP contribution < -0.4 is 5.73 Å². The second-order valence-corrected chi connectivity index (χ2v) is 4.22. The molecule has 0 aromatic carbocycles. The van der Waals surface area contributed by atoms with Gasteiger partial charge in [-0.3, -0.25) is 9.25 Å². The van der Waals surface area contributed by atoms with Crippen molar-refractivity contribution in [2.75, 3.05) is 0 Å². The fourth-order valence-electron chi connectivity index (χ4n) is 1.49. The first kappa shape index (κ1) is 9.92. The molecule has 80 valence electrons. The van der Waals surface area contributed by atoms with Crippen LogP contribution >= 0.6 is 0 Å². The molecule has 0 atom stereocenters. The van der Waals surface area contributed by atoms with E-state index >= 15 is 0 Å². The lowest BCUT2D eigenvalue weighted by Crippen LogP contribution is -2.31. The van der Waals surface area contributed by atoms with Crippen LogP contribution in [0, 0.1) is 0 Å². The average Bonchev–Trinajstić information content (AvgIpc) is 2.68. The van der Waals surface area contributed by atoms with Crippen molar-refractivity contribution in [3.05, 3.63) is 30.5 Å². The van der Waals surface area contributed by atoms with Crippen molar-refractivity contribution in [2.24, 2.45) is 12.8 Å². The maximum atomic E-state index is 6.05. The second-order valence-electron chi connectivity index (χ2n) is 4.22. The van der Waals surface area contributed by atoms with E-state index in [0.717, 1.165) is 11.5 Å². The molecule has 0 spiro atoms. The van der Waals surface area contributed by atoms with E-state index in [-0.39, 0.29) is 0 Å². The minimum atomic E-state index is -0.423. The zero-order valence-electron chi connectivity index (χ0n) is 9.18. The summed E-state index contributed by atoms with van der Waals surface area (Å²) >= 11 is 0. The van der Waals surface area contributed by atoms with Crippen molar-refractivity contribution >= 4 is 0 Å². The van der Waals surface area contributed by atoms with Gasteiger partial charge in [0, 0.05) is 19.3 Å². The second kappa shape index (κ2) is 3.20. The molecule has 0 aliphatic rings. The molecule has 0 bridgehead atoms. The summed E-state index contributed by atoms with van der Waals surface area (Å²) in [5.41, 5.74) is 6.57. The summed E-state index contributed by atoms with van der Waals surface area (Å²) < 4.78 is 3.66. The minimum Gasteiger partial charge on any atom is -0.321 e. The van der Waals surface area contributed by atoms with Crippen LogP contribution in [0.4, 0.5) is 0 Å². The van der Waals surface area contributed by atoms with Crippen molar-refractivity contribution in [1.82, 2.24) is 19.3 Å². The van der Waals surface area contributed by atoms with Gasteiger partial charge in [0.05, 0.1) is 17.4 Å². The van der Waals surface area contributed by atoms with Crippen molar-refractivity contribution in [3.63, 3.8) is 0 Å². The van der Waals surface area contributed by atoms with E-state index < -0.39 is 5.54 Å². The number of hydrogen-bond donors (Lipinski definition) is 1. The molecule has 0 aliphatic heterocycles. The van der Waals surface area contributed by atoms with Gasteiger partial charge >= 0.3 is 0 Å². The van der Waals surface area contributed by atoms with Gasteiger partial charge in [0.25, 0.3) is 0 Å². The summed E-state index contributed by atoms with van der Waals surface area (Å²) in [6, 6.07) is 1.93. The molecule has 0 aliphatic carbocycles. The highest BCUT2D eigenvalue weighted by Crippen LogP contribution is 2.19. The van der Waals surface area contributed by atoms with Crippen LogP contribution in [0.5, 0.6) is 0 Å². The van der Waals surface area contributed by atoms with Crippen LogP contribution in [0.3, 0.4) is 0 Å². The lowest BCUT2D eigenvalue weighted by molar-refractivity contribution is 0.522. The number of nitrogens with zero attached hydrogens (tertiary/aromatic N) is 4. The average molecular weight is 205 g/mol. The van der Waals surface area contributed by atoms with Crippen LogP contribution in [-0.2, 0) is 12.6 Å². The summed E-state index contributed by atoms with van der Waals surface area (Å²) in [5, 5.41) is 4.31. The van der Waals surface area contributed by atoms with Crippen molar-refractivity contribution in [2.45, 2.75) is 19.4 Å². The van der Waals surface area contributed by atoms with E-state index in [0.29, 0.717) is 0 Å². The highest BCUT2D eigenvalue weighted by Gasteiger charge is 2.20. The topological polar surface area (TPSA) is 61.7 Å². The minimum absolute atomic E-state index is 0.423. The third-order valence-electron chi connectivity index (χ3n) is 2.25. The van der Waals surface area contributed by atoms with Crippen molar-refractivity contribution < 1.29 is 0 Å². The Labute approximate surface area is 88.5 Å². The molecule has 5 heteroatoms. The summed E-state index contributed by atoms with van der Waals surface area (Å²) in [7, 11) is 1.88. The highest BCUT2D eigenvalue weighted by atomic mass is 15.3. The molecule has 0 radical (unpaired) electrons. The van der Waals surface area contributed by atoms with E-state index in [2.05, 4.69) is 10.1 Å². The highest BCUT2D eigenvalue weighted by molar-refractivity contribution is 5.26. The van der Waals surface area contributed by atoms with Crippen molar-refractivity contribution in [1.29, 1.82) is 0 Å². The molecule has 0 amide bonds. The van der Waals surface area contributed by atoms with Gasteiger partial charge in [0.1, 0.15) is 6.33 Å². The molecule has 5 nitrogen and oxygen atoms in total. The maximum Gasteiger partial charge on any atom is 0.160 e. The zero-order valence-corrected chi connectivity index (χ0v) is 9.18. The summed E-state index contributed by atoms with van der Waals surface area (Å²) in [5.74, 6) is 0.837. The Balaban J connectivity index is 2.50. The number of aromatic nitrogens is 4. The van der Waals surface area contributed by atoms with E-state index in [4.69, 9.17) is 5.73 Å². The molecule has 2 rings (SSSR count). The fraction of sp³-hybridized carbons (Fsp3) is 0.400. The summed E-state index contributed by atoms with van der Waals surface area (Å²) in [6.07, 6.45) is 5.39. The van der Waals surface area contributed by atoms with Gasteiger partial charge in [0.15, 0.2) is 5.82 Å². The Morgan fingerprint density at radius 2 is 2.13 bits per heavy atom. The van der Waals surface area contributed by atoms with E-state index in [1.54, 1.807) is 17.2 Å². The molecule has 2 aromatic heterocycles. The lowest BCUT2D eigenvalue weighted by atomic mass is 10.0. The molecule has 0 fully saturated rings. The molecule has 2 heterocycles. The molecule has 0 saturated carbocycles. The molecule has 0 saturated heterocycles. The predicted molar refractivity (Wildman–Crippen MR) is 57.5 cm³/mol. The van der Waals surface area contributed by atoms with Gasteiger partial charge in [-0.1, -0.05) is 0 Å². The van der Waals surface area contributed by atoms with Gasteiger partial charge in [-0.05, 0) is 13.8 Å². The monoisotopic (exact) mass is 205 g/mol. The SMILES string of the molecule is Cn1ccc(-n2cncc2C(C)(C)N)n1. The van der Waals surface area contributed by atoms with E-state index in [1.165, 1.54) is 0 Å².